The summed E-state index contributed by atoms with van der Waals surface area (Å²) in [5.41, 5.74) is 6.97. The highest BCUT2D eigenvalue weighted by Crippen LogP contribution is 2.52. The number of hydrogen-bond acceptors (Lipinski definition) is 4. The van der Waals surface area contributed by atoms with E-state index in [-0.39, 0.29) is 41.7 Å². The lowest BCUT2D eigenvalue weighted by Gasteiger charge is -2.33. The van der Waals surface area contributed by atoms with Crippen LogP contribution in [-0.4, -0.2) is 40.6 Å². The number of imide groups is 1. The molecule has 2 amide bonds. The van der Waals surface area contributed by atoms with Gasteiger partial charge in [-0.25, -0.2) is 0 Å². The predicted octanol–water partition coefficient (Wildman–Crippen LogP) is 6.89. The van der Waals surface area contributed by atoms with E-state index in [9.17, 15) is 14.7 Å². The molecule has 2 aliphatic heterocycles. The third kappa shape index (κ3) is 4.87. The zero-order valence-corrected chi connectivity index (χ0v) is 23.9. The van der Waals surface area contributed by atoms with Gasteiger partial charge in [-0.1, -0.05) is 57.3 Å². The first-order chi connectivity index (χ1) is 18.2. The van der Waals surface area contributed by atoms with Crippen LogP contribution in [0.1, 0.15) is 95.2 Å². The van der Waals surface area contributed by atoms with Gasteiger partial charge >= 0.3 is 0 Å². The van der Waals surface area contributed by atoms with Crippen molar-refractivity contribution in [2.24, 2.45) is 23.7 Å². The van der Waals surface area contributed by atoms with Crippen molar-refractivity contribution >= 4 is 17.9 Å². The van der Waals surface area contributed by atoms with Crippen LogP contribution in [0.25, 0.3) is 6.08 Å². The largest absolute Gasteiger partial charge is 0.507 e. The average Bonchev–Trinajstić information content (AvgIpc) is 3.43. The molecule has 0 aromatic heterocycles. The number of hydrogen-bond donors (Lipinski definition) is 1. The van der Waals surface area contributed by atoms with Crippen molar-refractivity contribution in [3.05, 3.63) is 45.5 Å². The second-order valence-corrected chi connectivity index (χ2v) is 12.4. The number of rotatable bonds is 7. The van der Waals surface area contributed by atoms with Crippen molar-refractivity contribution in [2.75, 3.05) is 6.61 Å². The Balaban J connectivity index is 1.36. The van der Waals surface area contributed by atoms with E-state index in [1.54, 1.807) is 4.90 Å². The maximum absolute atomic E-state index is 13.8. The molecule has 5 heteroatoms. The number of phenolic OH excluding ortho intramolecular Hbond substituents is 1. The van der Waals surface area contributed by atoms with E-state index < -0.39 is 0 Å². The van der Waals surface area contributed by atoms with Gasteiger partial charge in [-0.2, -0.15) is 0 Å². The molecule has 1 aromatic carbocycles. The smallest absolute Gasteiger partial charge is 0.234 e. The summed E-state index contributed by atoms with van der Waals surface area (Å²) in [5.74, 6) is 0.473. The van der Waals surface area contributed by atoms with Gasteiger partial charge in [0.2, 0.25) is 11.8 Å². The Morgan fingerprint density at radius 2 is 1.76 bits per heavy atom. The number of carbonyl (C=O) groups is 2. The number of amides is 2. The molecule has 38 heavy (non-hydrogen) atoms. The highest BCUT2D eigenvalue weighted by Gasteiger charge is 2.58. The van der Waals surface area contributed by atoms with E-state index in [1.165, 1.54) is 23.1 Å². The molecular formula is C33H45NO4. The monoisotopic (exact) mass is 519 g/mol. The second-order valence-electron chi connectivity index (χ2n) is 12.4. The second kappa shape index (κ2) is 11.0. The predicted molar refractivity (Wildman–Crippen MR) is 150 cm³/mol. The van der Waals surface area contributed by atoms with Crippen LogP contribution in [0, 0.1) is 37.5 Å². The minimum atomic E-state index is -0.240. The number of carbonyl (C=O) groups excluding carboxylic acids is 2. The van der Waals surface area contributed by atoms with E-state index in [1.807, 2.05) is 26.0 Å². The first-order valence-electron chi connectivity index (χ1n) is 14.9. The number of aromatic hydroxyl groups is 1. The van der Waals surface area contributed by atoms with Gasteiger partial charge in [0, 0.05) is 12.0 Å². The lowest BCUT2D eigenvalue weighted by Crippen LogP contribution is -2.42. The fraction of sp³-hybridized carbons (Fsp3) is 0.636. The van der Waals surface area contributed by atoms with Crippen molar-refractivity contribution in [3.63, 3.8) is 0 Å². The number of benzene rings is 1. The molecule has 2 heterocycles. The molecule has 2 aliphatic carbocycles. The van der Waals surface area contributed by atoms with Crippen molar-refractivity contribution in [1.29, 1.82) is 0 Å². The highest BCUT2D eigenvalue weighted by atomic mass is 16.5. The summed E-state index contributed by atoms with van der Waals surface area (Å²) in [6.07, 6.45) is 11.1. The molecule has 1 N–H and O–H groups in total. The zero-order chi connectivity index (χ0) is 27.1. The zero-order valence-electron chi connectivity index (χ0n) is 23.9. The minimum Gasteiger partial charge on any atom is -0.507 e. The fourth-order valence-electron chi connectivity index (χ4n) is 7.66. The highest BCUT2D eigenvalue weighted by molar-refractivity contribution is 6.06. The summed E-state index contributed by atoms with van der Waals surface area (Å²) in [6, 6.07) is 4.19. The molecule has 0 unspecified atom stereocenters. The molecule has 3 fully saturated rings. The van der Waals surface area contributed by atoms with E-state index >= 15 is 0 Å². The first kappa shape index (κ1) is 27.2. The Hall–Kier alpha value is -2.40. The van der Waals surface area contributed by atoms with Gasteiger partial charge in [0.15, 0.2) is 0 Å². The molecule has 5 nitrogen and oxygen atoms in total. The Kier molecular flexibility index (Phi) is 7.86. The Labute approximate surface area is 228 Å². The van der Waals surface area contributed by atoms with Crippen LogP contribution >= 0.6 is 0 Å². The van der Waals surface area contributed by atoms with E-state index in [4.69, 9.17) is 4.74 Å². The molecular weight excluding hydrogens is 474 g/mol. The maximum atomic E-state index is 13.8. The number of aryl methyl sites for hydroxylation is 2. The quantitative estimate of drug-likeness (QED) is 0.315. The van der Waals surface area contributed by atoms with E-state index in [2.05, 4.69) is 26.8 Å². The first-order valence-corrected chi connectivity index (χ1v) is 14.9. The molecule has 4 atom stereocenters. The van der Waals surface area contributed by atoms with Gasteiger partial charge in [0.25, 0.3) is 0 Å². The van der Waals surface area contributed by atoms with Crippen LogP contribution in [0.4, 0.5) is 0 Å². The number of nitrogens with zero attached hydrogens (tertiary/aromatic N) is 1. The SMILES string of the molecule is CC/C(=C\c1cc(C)c(O)c(C)c1)CC[C@H]1OC[C@H]2C1=C(C(C)C)C[C@H]1C(=O)N(C3CCCCC3)C(=O)[C@H]12. The molecule has 1 saturated carbocycles. The summed E-state index contributed by atoms with van der Waals surface area (Å²) < 4.78 is 6.45. The van der Waals surface area contributed by atoms with E-state index in [0.29, 0.717) is 24.7 Å². The van der Waals surface area contributed by atoms with E-state index in [0.717, 1.165) is 61.6 Å². The Morgan fingerprint density at radius 3 is 2.39 bits per heavy atom. The molecule has 1 aromatic rings. The standard InChI is InChI=1S/C33H45NO4/c1-6-22(16-23-14-20(4)31(35)21(5)15-23)12-13-28-29-25(19(2)3)17-26-30(27(29)18-38-28)33(37)34(32(26)36)24-10-8-7-9-11-24/h14-16,19,24,26-28,30,35H,6-13,17-18H2,1-5H3/b22-16+/t26-,27+,28-,30-/m1/s1. The van der Waals surface area contributed by atoms with Crippen molar-refractivity contribution < 1.29 is 19.4 Å². The molecule has 4 aliphatic rings. The Bertz CT molecular complexity index is 1130. The van der Waals surface area contributed by atoms with Crippen molar-refractivity contribution in [1.82, 2.24) is 4.90 Å². The number of ether oxygens (including phenoxy) is 1. The summed E-state index contributed by atoms with van der Waals surface area (Å²) in [5, 5.41) is 10.1. The fourth-order valence-corrected chi connectivity index (χ4v) is 7.66. The van der Waals surface area contributed by atoms with Gasteiger partial charge < -0.3 is 9.84 Å². The summed E-state index contributed by atoms with van der Waals surface area (Å²) >= 11 is 0. The molecule has 0 bridgehead atoms. The Morgan fingerprint density at radius 1 is 1.08 bits per heavy atom. The lowest BCUT2D eigenvalue weighted by atomic mass is 9.67. The summed E-state index contributed by atoms with van der Waals surface area (Å²) in [4.78, 5) is 29.1. The van der Waals surface area contributed by atoms with Crippen LogP contribution in [0.2, 0.25) is 0 Å². The van der Waals surface area contributed by atoms with Gasteiger partial charge in [0.05, 0.1) is 24.5 Å². The molecule has 0 spiro atoms. The number of likely N-dealkylation sites (tertiary alicyclic amines) is 1. The molecule has 0 radical (unpaired) electrons. The topological polar surface area (TPSA) is 66.8 Å². The minimum absolute atomic E-state index is 0.0169. The van der Waals surface area contributed by atoms with Gasteiger partial charge in [-0.15, -0.1) is 0 Å². The van der Waals surface area contributed by atoms with Crippen molar-refractivity contribution in [3.8, 4) is 5.75 Å². The van der Waals surface area contributed by atoms with Crippen LogP contribution in [0.3, 0.4) is 0 Å². The molecule has 2 saturated heterocycles. The lowest BCUT2D eigenvalue weighted by molar-refractivity contribution is -0.143. The maximum Gasteiger partial charge on any atom is 0.234 e. The number of fused-ring (bicyclic) bond motifs is 3. The van der Waals surface area contributed by atoms with Crippen LogP contribution < -0.4 is 0 Å². The number of phenols is 1. The van der Waals surface area contributed by atoms with Crippen molar-refractivity contribution in [2.45, 2.75) is 105 Å². The van der Waals surface area contributed by atoms with Gasteiger partial charge in [-0.3, -0.25) is 14.5 Å². The summed E-state index contributed by atoms with van der Waals surface area (Å²) in [7, 11) is 0. The normalized spacial score (nSPS) is 28.5. The molecule has 5 rings (SSSR count). The van der Waals surface area contributed by atoms with Crippen LogP contribution in [0.15, 0.2) is 28.9 Å². The van der Waals surface area contributed by atoms with Gasteiger partial charge in [-0.05, 0) is 92.7 Å². The van der Waals surface area contributed by atoms with Gasteiger partial charge in [0.1, 0.15) is 5.75 Å². The third-order valence-corrected chi connectivity index (χ3v) is 9.68. The average molecular weight is 520 g/mol. The van der Waals surface area contributed by atoms with Crippen LogP contribution in [-0.2, 0) is 14.3 Å². The number of allylic oxidation sites excluding steroid dienone is 2. The third-order valence-electron chi connectivity index (χ3n) is 9.68. The molecule has 206 valence electrons. The van der Waals surface area contributed by atoms with Crippen LogP contribution in [0.5, 0.6) is 5.75 Å². The summed E-state index contributed by atoms with van der Waals surface area (Å²) in [6.45, 7) is 11.1.